The number of carbonyl (C=O) groups excluding carboxylic acids is 2. The highest BCUT2D eigenvalue weighted by Crippen LogP contribution is 2.20. The number of aryl methyl sites for hydroxylation is 3. The molecule has 2 amide bonds. The van der Waals surface area contributed by atoms with Crippen LogP contribution < -0.4 is 10.6 Å². The molecule has 0 saturated heterocycles. The van der Waals surface area contributed by atoms with Gasteiger partial charge in [0.2, 0.25) is 0 Å². The Hall–Kier alpha value is -3.18. The fourth-order valence-corrected chi connectivity index (χ4v) is 3.13. The number of hydrogen-bond donors (Lipinski definition) is 2. The number of pyridine rings is 1. The van der Waals surface area contributed by atoms with Crippen LogP contribution in [0.1, 0.15) is 37.4 Å². The number of aromatic nitrogens is 1. The summed E-state index contributed by atoms with van der Waals surface area (Å²) >= 11 is 5.94. The number of halogens is 1. The Morgan fingerprint density at radius 1 is 0.821 bits per heavy atom. The molecule has 0 aliphatic heterocycles. The zero-order chi connectivity index (χ0) is 20.3. The minimum absolute atomic E-state index is 0.294. The molecule has 2 aromatic carbocycles. The van der Waals surface area contributed by atoms with Gasteiger partial charge in [0.25, 0.3) is 11.8 Å². The van der Waals surface area contributed by atoms with Crippen LogP contribution in [0.15, 0.2) is 54.9 Å². The van der Waals surface area contributed by atoms with Crippen LogP contribution >= 0.6 is 11.6 Å². The van der Waals surface area contributed by atoms with Gasteiger partial charge < -0.3 is 10.6 Å². The highest BCUT2D eigenvalue weighted by molar-refractivity contribution is 6.30. The van der Waals surface area contributed by atoms with Gasteiger partial charge in [-0.25, -0.2) is 0 Å². The largest absolute Gasteiger partial charge is 0.322 e. The molecule has 0 unspecified atom stereocenters. The third-order valence-electron chi connectivity index (χ3n) is 4.18. The molecular formula is C22H20ClN3O2. The van der Waals surface area contributed by atoms with Crippen LogP contribution in [0.5, 0.6) is 0 Å². The van der Waals surface area contributed by atoms with E-state index in [1.807, 2.05) is 39.0 Å². The predicted molar refractivity (Wildman–Crippen MR) is 112 cm³/mol. The second-order valence-electron chi connectivity index (χ2n) is 6.71. The Balaban J connectivity index is 1.77. The number of nitrogens with zero attached hydrogens (tertiary/aromatic N) is 1. The maximum Gasteiger partial charge on any atom is 0.257 e. The van der Waals surface area contributed by atoms with Gasteiger partial charge >= 0.3 is 0 Å². The molecule has 0 aliphatic carbocycles. The van der Waals surface area contributed by atoms with Gasteiger partial charge in [-0.1, -0.05) is 17.7 Å². The summed E-state index contributed by atoms with van der Waals surface area (Å²) in [5.41, 5.74) is 4.91. The van der Waals surface area contributed by atoms with Crippen LogP contribution in [0.25, 0.3) is 0 Å². The molecule has 0 aliphatic rings. The average Bonchev–Trinajstić information content (AvgIpc) is 2.63. The minimum Gasteiger partial charge on any atom is -0.322 e. The maximum atomic E-state index is 12.6. The summed E-state index contributed by atoms with van der Waals surface area (Å²) in [6.45, 7) is 5.79. The summed E-state index contributed by atoms with van der Waals surface area (Å²) < 4.78 is 0. The molecule has 1 aromatic heterocycles. The van der Waals surface area contributed by atoms with Crippen molar-refractivity contribution >= 4 is 34.8 Å². The molecule has 3 rings (SSSR count). The molecule has 0 saturated carbocycles. The second-order valence-corrected chi connectivity index (χ2v) is 7.14. The molecule has 0 spiro atoms. The quantitative estimate of drug-likeness (QED) is 0.642. The maximum absolute atomic E-state index is 12.6. The number of hydrogen-bond acceptors (Lipinski definition) is 3. The van der Waals surface area contributed by atoms with Gasteiger partial charge in [0, 0.05) is 28.8 Å². The molecule has 0 radical (unpaired) electrons. The van der Waals surface area contributed by atoms with Crippen molar-refractivity contribution in [1.82, 2.24) is 4.98 Å². The molecule has 5 nitrogen and oxygen atoms in total. The molecule has 28 heavy (non-hydrogen) atoms. The van der Waals surface area contributed by atoms with Crippen molar-refractivity contribution in [2.24, 2.45) is 0 Å². The van der Waals surface area contributed by atoms with Crippen molar-refractivity contribution in [2.75, 3.05) is 10.6 Å². The van der Waals surface area contributed by atoms with E-state index in [1.54, 1.807) is 18.2 Å². The molecular weight excluding hydrogens is 374 g/mol. The summed E-state index contributed by atoms with van der Waals surface area (Å²) in [4.78, 5) is 29.2. The third-order valence-corrected chi connectivity index (χ3v) is 4.41. The average molecular weight is 394 g/mol. The third kappa shape index (κ3) is 4.75. The monoisotopic (exact) mass is 393 g/mol. The number of carbonyl (C=O) groups is 2. The Labute approximate surface area is 168 Å². The number of rotatable bonds is 4. The summed E-state index contributed by atoms with van der Waals surface area (Å²) in [5, 5.41) is 6.26. The predicted octanol–water partition coefficient (Wildman–Crippen LogP) is 5.16. The smallest absolute Gasteiger partial charge is 0.257 e. The van der Waals surface area contributed by atoms with E-state index in [1.165, 1.54) is 18.5 Å². The van der Waals surface area contributed by atoms with E-state index < -0.39 is 0 Å². The lowest BCUT2D eigenvalue weighted by atomic mass is 10.1. The first kappa shape index (κ1) is 19.6. The van der Waals surface area contributed by atoms with Crippen LogP contribution in [-0.2, 0) is 0 Å². The number of anilines is 2. The topological polar surface area (TPSA) is 71.1 Å². The lowest BCUT2D eigenvalue weighted by molar-refractivity contribution is 0.102. The minimum atomic E-state index is -0.348. The van der Waals surface area contributed by atoms with Crippen molar-refractivity contribution in [3.8, 4) is 0 Å². The van der Waals surface area contributed by atoms with Crippen LogP contribution in [0, 0.1) is 20.8 Å². The van der Waals surface area contributed by atoms with Gasteiger partial charge in [-0.05, 0) is 73.9 Å². The standard InChI is InChI=1S/C22H20ClN3O2/c1-13-6-14(2)8-19(7-13)25-21(27)16-10-17(12-24-11-16)22(28)26-20-5-4-18(23)9-15(20)3/h4-12H,1-3H3,(H,25,27)(H,26,28). The lowest BCUT2D eigenvalue weighted by Crippen LogP contribution is -2.16. The number of benzene rings is 2. The molecule has 1 heterocycles. The van der Waals surface area contributed by atoms with E-state index in [4.69, 9.17) is 11.6 Å². The summed E-state index contributed by atoms with van der Waals surface area (Å²) in [6, 6.07) is 12.5. The Morgan fingerprint density at radius 3 is 2.04 bits per heavy atom. The van der Waals surface area contributed by atoms with Crippen molar-refractivity contribution in [3.63, 3.8) is 0 Å². The van der Waals surface area contributed by atoms with E-state index in [9.17, 15) is 9.59 Å². The molecule has 0 bridgehead atoms. The van der Waals surface area contributed by atoms with Crippen LogP contribution in [0.4, 0.5) is 11.4 Å². The Kier molecular flexibility index (Phi) is 5.76. The molecule has 0 fully saturated rings. The van der Waals surface area contributed by atoms with Crippen LogP contribution in [0.2, 0.25) is 5.02 Å². The summed E-state index contributed by atoms with van der Waals surface area (Å²) in [7, 11) is 0. The first-order chi connectivity index (χ1) is 13.3. The summed E-state index contributed by atoms with van der Waals surface area (Å²) in [6.07, 6.45) is 2.86. The lowest BCUT2D eigenvalue weighted by Gasteiger charge is -2.10. The summed E-state index contributed by atoms with van der Waals surface area (Å²) in [5.74, 6) is -0.672. The highest BCUT2D eigenvalue weighted by Gasteiger charge is 2.13. The Morgan fingerprint density at radius 2 is 1.43 bits per heavy atom. The van der Waals surface area contributed by atoms with Crippen molar-refractivity contribution in [2.45, 2.75) is 20.8 Å². The van der Waals surface area contributed by atoms with Gasteiger partial charge in [0.05, 0.1) is 11.1 Å². The van der Waals surface area contributed by atoms with Gasteiger partial charge in [0.15, 0.2) is 0 Å². The zero-order valence-corrected chi connectivity index (χ0v) is 16.6. The number of nitrogens with one attached hydrogen (secondary N) is 2. The van der Waals surface area contributed by atoms with Crippen LogP contribution in [-0.4, -0.2) is 16.8 Å². The van der Waals surface area contributed by atoms with Crippen molar-refractivity contribution < 1.29 is 9.59 Å². The van der Waals surface area contributed by atoms with E-state index in [0.29, 0.717) is 27.5 Å². The molecule has 2 N–H and O–H groups in total. The van der Waals surface area contributed by atoms with Gasteiger partial charge in [0.1, 0.15) is 0 Å². The first-order valence-corrected chi connectivity index (χ1v) is 9.12. The van der Waals surface area contributed by atoms with E-state index >= 15 is 0 Å². The van der Waals surface area contributed by atoms with Gasteiger partial charge in [-0.2, -0.15) is 0 Å². The number of amides is 2. The van der Waals surface area contributed by atoms with Crippen molar-refractivity contribution in [3.05, 3.63) is 87.7 Å². The van der Waals surface area contributed by atoms with E-state index in [2.05, 4.69) is 15.6 Å². The normalized spacial score (nSPS) is 10.4. The molecule has 142 valence electrons. The van der Waals surface area contributed by atoms with Crippen LogP contribution in [0.3, 0.4) is 0 Å². The van der Waals surface area contributed by atoms with Crippen molar-refractivity contribution in [1.29, 1.82) is 0 Å². The van der Waals surface area contributed by atoms with Gasteiger partial charge in [-0.15, -0.1) is 0 Å². The van der Waals surface area contributed by atoms with E-state index in [-0.39, 0.29) is 11.8 Å². The molecule has 3 aromatic rings. The highest BCUT2D eigenvalue weighted by atomic mass is 35.5. The van der Waals surface area contributed by atoms with Gasteiger partial charge in [-0.3, -0.25) is 14.6 Å². The zero-order valence-electron chi connectivity index (χ0n) is 15.8. The molecule has 0 atom stereocenters. The second kappa shape index (κ2) is 8.23. The molecule has 6 heteroatoms. The Bertz CT molecular complexity index is 1040. The fourth-order valence-electron chi connectivity index (χ4n) is 2.90. The SMILES string of the molecule is Cc1cc(C)cc(NC(=O)c2cncc(C(=O)Nc3ccc(Cl)cc3C)c2)c1. The fraction of sp³-hybridized carbons (Fsp3) is 0.136. The first-order valence-electron chi connectivity index (χ1n) is 8.74. The van der Waals surface area contributed by atoms with E-state index in [0.717, 1.165) is 16.7 Å².